The Morgan fingerprint density at radius 3 is 2.35 bits per heavy atom. The van der Waals surface area contributed by atoms with E-state index in [-0.39, 0.29) is 30.5 Å². The number of rotatable bonds is 7. The van der Waals surface area contributed by atoms with Crippen molar-refractivity contribution >= 4 is 21.8 Å². The minimum absolute atomic E-state index is 0.0404. The van der Waals surface area contributed by atoms with Crippen LogP contribution >= 0.6 is 0 Å². The summed E-state index contributed by atoms with van der Waals surface area (Å²) in [5.41, 5.74) is 2.33. The summed E-state index contributed by atoms with van der Waals surface area (Å²) in [5.74, 6) is -1.57. The number of carbonyl (C=O) groups excluding carboxylic acids is 2. The highest BCUT2D eigenvalue weighted by atomic mass is 32.2. The molecular formula is C25H30FN3O4S. The molecule has 4 rings (SSSR count). The average molecular weight is 488 g/mol. The fourth-order valence-electron chi connectivity index (χ4n) is 4.62. The number of halogens is 1. The zero-order valence-corrected chi connectivity index (χ0v) is 19.9. The number of fused-ring (bicyclic) bond motifs is 1. The highest BCUT2D eigenvalue weighted by Gasteiger charge is 2.32. The SMILES string of the molecule is O=C(NCCNC(=O)C1CCN(S(=O)(=O)c2ccc3c(c2)CCCC3)CC1)c1ccccc1F. The van der Waals surface area contributed by atoms with Crippen molar-refractivity contribution in [3.63, 3.8) is 0 Å². The molecule has 2 aromatic rings. The van der Waals surface area contributed by atoms with Gasteiger partial charge in [0.15, 0.2) is 0 Å². The van der Waals surface area contributed by atoms with Crippen LogP contribution in [-0.2, 0) is 27.7 Å². The molecule has 2 N–H and O–H groups in total. The van der Waals surface area contributed by atoms with E-state index in [0.29, 0.717) is 30.8 Å². The Morgan fingerprint density at radius 2 is 1.62 bits per heavy atom. The fourth-order valence-corrected chi connectivity index (χ4v) is 6.15. The maximum absolute atomic E-state index is 13.6. The van der Waals surface area contributed by atoms with Gasteiger partial charge in [-0.25, -0.2) is 12.8 Å². The second kappa shape index (κ2) is 10.7. The van der Waals surface area contributed by atoms with E-state index in [1.165, 1.54) is 28.1 Å². The van der Waals surface area contributed by atoms with Gasteiger partial charge in [-0.05, 0) is 73.9 Å². The summed E-state index contributed by atoms with van der Waals surface area (Å²) in [6.07, 6.45) is 5.04. The summed E-state index contributed by atoms with van der Waals surface area (Å²) in [4.78, 5) is 24.8. The number of carbonyl (C=O) groups is 2. The second-order valence-electron chi connectivity index (χ2n) is 8.84. The van der Waals surface area contributed by atoms with Crippen molar-refractivity contribution in [1.29, 1.82) is 0 Å². The van der Waals surface area contributed by atoms with Gasteiger partial charge in [0.2, 0.25) is 15.9 Å². The predicted octanol–water partition coefficient (Wildman–Crippen LogP) is 2.65. The number of nitrogens with zero attached hydrogens (tertiary/aromatic N) is 1. The van der Waals surface area contributed by atoms with Gasteiger partial charge in [-0.15, -0.1) is 0 Å². The number of nitrogens with one attached hydrogen (secondary N) is 2. The van der Waals surface area contributed by atoms with Gasteiger partial charge < -0.3 is 10.6 Å². The maximum Gasteiger partial charge on any atom is 0.254 e. The molecule has 0 atom stereocenters. The highest BCUT2D eigenvalue weighted by Crippen LogP contribution is 2.28. The Labute approximate surface area is 199 Å². The quantitative estimate of drug-likeness (QED) is 0.587. The zero-order chi connectivity index (χ0) is 24.1. The fraction of sp³-hybridized carbons (Fsp3) is 0.440. The lowest BCUT2D eigenvalue weighted by molar-refractivity contribution is -0.126. The second-order valence-corrected chi connectivity index (χ2v) is 10.8. The Bertz CT molecular complexity index is 1160. The Kier molecular flexibility index (Phi) is 7.63. The predicted molar refractivity (Wildman–Crippen MR) is 126 cm³/mol. The average Bonchev–Trinajstić information content (AvgIpc) is 2.86. The van der Waals surface area contributed by atoms with Crippen LogP contribution in [-0.4, -0.2) is 50.7 Å². The van der Waals surface area contributed by atoms with Crippen LogP contribution in [0.1, 0.15) is 47.2 Å². The first-order chi connectivity index (χ1) is 16.4. The molecule has 7 nitrogen and oxygen atoms in total. The summed E-state index contributed by atoms with van der Waals surface area (Å²) in [6, 6.07) is 11.2. The molecule has 0 spiro atoms. The van der Waals surface area contributed by atoms with Crippen molar-refractivity contribution < 1.29 is 22.4 Å². The first kappa shape index (κ1) is 24.3. The van der Waals surface area contributed by atoms with Crippen molar-refractivity contribution in [2.75, 3.05) is 26.2 Å². The molecule has 1 aliphatic heterocycles. The topological polar surface area (TPSA) is 95.6 Å². The normalized spacial score (nSPS) is 17.1. The monoisotopic (exact) mass is 487 g/mol. The number of benzene rings is 2. The molecule has 0 bridgehead atoms. The Morgan fingerprint density at radius 1 is 0.941 bits per heavy atom. The Hall–Kier alpha value is -2.78. The largest absolute Gasteiger partial charge is 0.354 e. The van der Waals surface area contributed by atoms with Crippen molar-refractivity contribution in [2.45, 2.75) is 43.4 Å². The molecule has 1 saturated heterocycles. The number of hydrogen-bond donors (Lipinski definition) is 2. The van der Waals surface area contributed by atoms with Crippen molar-refractivity contribution in [3.8, 4) is 0 Å². The molecule has 0 saturated carbocycles. The molecule has 34 heavy (non-hydrogen) atoms. The van der Waals surface area contributed by atoms with Crippen LogP contribution in [0.4, 0.5) is 4.39 Å². The number of aryl methyl sites for hydroxylation is 2. The first-order valence-corrected chi connectivity index (χ1v) is 13.2. The lowest BCUT2D eigenvalue weighted by atomic mass is 9.92. The molecule has 9 heteroatoms. The summed E-state index contributed by atoms with van der Waals surface area (Å²) >= 11 is 0. The van der Waals surface area contributed by atoms with Crippen LogP contribution in [0.25, 0.3) is 0 Å². The number of sulfonamides is 1. The van der Waals surface area contributed by atoms with E-state index in [1.54, 1.807) is 12.1 Å². The number of hydrogen-bond acceptors (Lipinski definition) is 4. The molecule has 0 unspecified atom stereocenters. The van der Waals surface area contributed by atoms with Gasteiger partial charge in [0, 0.05) is 32.1 Å². The molecule has 1 heterocycles. The van der Waals surface area contributed by atoms with Gasteiger partial charge in [-0.1, -0.05) is 18.2 Å². The molecule has 1 fully saturated rings. The smallest absolute Gasteiger partial charge is 0.254 e. The molecule has 0 aromatic heterocycles. The number of piperidine rings is 1. The van der Waals surface area contributed by atoms with Crippen molar-refractivity contribution in [2.24, 2.45) is 5.92 Å². The molecule has 2 amide bonds. The third-order valence-electron chi connectivity index (χ3n) is 6.61. The van der Waals surface area contributed by atoms with Gasteiger partial charge in [0.25, 0.3) is 5.91 Å². The number of amides is 2. The van der Waals surface area contributed by atoms with Crippen LogP contribution < -0.4 is 10.6 Å². The lowest BCUT2D eigenvalue weighted by Crippen LogP contribution is -2.44. The maximum atomic E-state index is 13.6. The molecular weight excluding hydrogens is 457 g/mol. The van der Waals surface area contributed by atoms with Crippen LogP contribution in [0.2, 0.25) is 0 Å². The first-order valence-electron chi connectivity index (χ1n) is 11.8. The standard InChI is InChI=1S/C25H30FN3O4S/c26-23-8-4-3-7-22(23)25(31)28-14-13-27-24(30)19-11-15-29(16-12-19)34(32,33)21-10-9-18-5-1-2-6-20(18)17-21/h3-4,7-10,17,19H,1-2,5-6,11-16H2,(H,27,30)(H,28,31). The Balaban J connectivity index is 1.23. The van der Waals surface area contributed by atoms with E-state index >= 15 is 0 Å². The summed E-state index contributed by atoms with van der Waals surface area (Å²) in [5, 5.41) is 5.36. The molecule has 2 aromatic carbocycles. The van der Waals surface area contributed by atoms with Gasteiger partial charge >= 0.3 is 0 Å². The van der Waals surface area contributed by atoms with Gasteiger partial charge in [0.05, 0.1) is 10.5 Å². The lowest BCUT2D eigenvalue weighted by Gasteiger charge is -2.31. The van der Waals surface area contributed by atoms with Crippen LogP contribution in [0.15, 0.2) is 47.4 Å². The van der Waals surface area contributed by atoms with E-state index in [0.717, 1.165) is 31.2 Å². The summed E-state index contributed by atoms with van der Waals surface area (Å²) in [7, 11) is -3.58. The third-order valence-corrected chi connectivity index (χ3v) is 8.51. The molecule has 2 aliphatic rings. The van der Waals surface area contributed by atoms with Gasteiger partial charge in [-0.3, -0.25) is 9.59 Å². The minimum atomic E-state index is -3.58. The minimum Gasteiger partial charge on any atom is -0.354 e. The molecule has 182 valence electrons. The summed E-state index contributed by atoms with van der Waals surface area (Å²) < 4.78 is 41.4. The van der Waals surface area contributed by atoms with Gasteiger partial charge in [0.1, 0.15) is 5.82 Å². The van der Waals surface area contributed by atoms with Crippen LogP contribution in [0, 0.1) is 11.7 Å². The molecule has 0 radical (unpaired) electrons. The van der Waals surface area contributed by atoms with E-state index in [1.807, 2.05) is 12.1 Å². The van der Waals surface area contributed by atoms with Crippen LogP contribution in [0.5, 0.6) is 0 Å². The van der Waals surface area contributed by atoms with Crippen molar-refractivity contribution in [3.05, 3.63) is 65.0 Å². The van der Waals surface area contributed by atoms with Crippen LogP contribution in [0.3, 0.4) is 0 Å². The van der Waals surface area contributed by atoms with Crippen molar-refractivity contribution in [1.82, 2.24) is 14.9 Å². The van der Waals surface area contributed by atoms with E-state index in [2.05, 4.69) is 10.6 Å². The molecule has 1 aliphatic carbocycles. The van der Waals surface area contributed by atoms with E-state index < -0.39 is 21.7 Å². The zero-order valence-electron chi connectivity index (χ0n) is 19.1. The van der Waals surface area contributed by atoms with E-state index in [9.17, 15) is 22.4 Å². The summed E-state index contributed by atoms with van der Waals surface area (Å²) in [6.45, 7) is 0.972. The van der Waals surface area contributed by atoms with E-state index in [4.69, 9.17) is 0 Å². The van der Waals surface area contributed by atoms with Gasteiger partial charge in [-0.2, -0.15) is 4.31 Å². The third kappa shape index (κ3) is 5.47. The highest BCUT2D eigenvalue weighted by molar-refractivity contribution is 7.89.